The Hall–Kier alpha value is -1.33. The maximum atomic E-state index is 11.2. The van der Waals surface area contributed by atoms with E-state index in [9.17, 15) is 4.79 Å². The number of hydrogen-bond acceptors (Lipinski definition) is 5. The molecule has 1 heterocycles. The summed E-state index contributed by atoms with van der Waals surface area (Å²) >= 11 is 0. The number of carbonyl (C=O) groups excluding carboxylic acids is 1. The highest BCUT2D eigenvalue weighted by Gasteiger charge is 2.14. The van der Waals surface area contributed by atoms with Gasteiger partial charge in [0.25, 0.3) is 0 Å². The van der Waals surface area contributed by atoms with Gasteiger partial charge in [-0.2, -0.15) is 0 Å². The second-order valence-electron chi connectivity index (χ2n) is 4.29. The molecule has 0 saturated carbocycles. The third kappa shape index (κ3) is 4.50. The molecule has 0 radical (unpaired) electrons. The van der Waals surface area contributed by atoms with E-state index < -0.39 is 5.97 Å². The molecule has 5 nitrogen and oxygen atoms in total. The number of nitrogens with one attached hydrogen (secondary N) is 1. The van der Waals surface area contributed by atoms with Gasteiger partial charge in [0.1, 0.15) is 5.76 Å². The Labute approximate surface area is 107 Å². The van der Waals surface area contributed by atoms with Crippen LogP contribution in [0.5, 0.6) is 0 Å². The summed E-state index contributed by atoms with van der Waals surface area (Å²) in [5.74, 6) is 0.469. The van der Waals surface area contributed by atoms with Crippen molar-refractivity contribution in [2.24, 2.45) is 0 Å². The summed E-state index contributed by atoms with van der Waals surface area (Å²) in [6.45, 7) is 7.34. The molecular formula is C13H21NO4. The summed E-state index contributed by atoms with van der Waals surface area (Å²) in [5, 5.41) is 3.25. The molecule has 1 N–H and O–H groups in total. The largest absolute Gasteiger partial charge is 0.463 e. The molecule has 1 atom stereocenters. The van der Waals surface area contributed by atoms with Crippen molar-refractivity contribution in [2.75, 3.05) is 20.3 Å². The van der Waals surface area contributed by atoms with Gasteiger partial charge in [-0.05, 0) is 32.9 Å². The highest BCUT2D eigenvalue weighted by atomic mass is 16.5. The molecule has 0 aliphatic carbocycles. The van der Waals surface area contributed by atoms with Crippen LogP contribution in [0.15, 0.2) is 16.5 Å². The van der Waals surface area contributed by atoms with Gasteiger partial charge in [0.05, 0.1) is 25.9 Å². The van der Waals surface area contributed by atoms with Crippen LogP contribution in [0.4, 0.5) is 0 Å². The predicted octanol–water partition coefficient (Wildman–Crippen LogP) is 2.14. The van der Waals surface area contributed by atoms with Gasteiger partial charge in [-0.1, -0.05) is 0 Å². The number of ether oxygens (including phenoxy) is 2. The van der Waals surface area contributed by atoms with E-state index in [4.69, 9.17) is 9.15 Å². The molecule has 0 saturated heterocycles. The Morgan fingerprint density at radius 3 is 2.72 bits per heavy atom. The summed E-state index contributed by atoms with van der Waals surface area (Å²) in [4.78, 5) is 11.2. The lowest BCUT2D eigenvalue weighted by Gasteiger charge is -2.12. The molecule has 0 aliphatic heterocycles. The second kappa shape index (κ2) is 7.18. The Bertz CT molecular complexity index is 373. The first kappa shape index (κ1) is 14.7. The lowest BCUT2D eigenvalue weighted by molar-refractivity contribution is 0.0561. The molecular weight excluding hydrogens is 234 g/mol. The molecule has 1 aromatic rings. The maximum absolute atomic E-state index is 11.2. The average molecular weight is 255 g/mol. The van der Waals surface area contributed by atoms with Crippen molar-refractivity contribution < 1.29 is 18.7 Å². The van der Waals surface area contributed by atoms with E-state index in [1.807, 2.05) is 20.8 Å². The van der Waals surface area contributed by atoms with Gasteiger partial charge in [-0.15, -0.1) is 0 Å². The molecule has 102 valence electrons. The number of furan rings is 1. The first-order valence-corrected chi connectivity index (χ1v) is 6.07. The molecule has 0 bridgehead atoms. The van der Waals surface area contributed by atoms with Crippen LogP contribution in [-0.2, 0) is 9.47 Å². The van der Waals surface area contributed by atoms with Crippen LogP contribution in [0.2, 0.25) is 0 Å². The third-order valence-electron chi connectivity index (χ3n) is 2.44. The van der Waals surface area contributed by atoms with E-state index in [-0.39, 0.29) is 17.9 Å². The van der Waals surface area contributed by atoms with Gasteiger partial charge in [-0.3, -0.25) is 0 Å². The van der Waals surface area contributed by atoms with E-state index in [1.165, 1.54) is 7.11 Å². The van der Waals surface area contributed by atoms with Crippen LogP contribution in [0.1, 0.15) is 43.1 Å². The van der Waals surface area contributed by atoms with Gasteiger partial charge in [0, 0.05) is 6.54 Å². The Kier molecular flexibility index (Phi) is 5.88. The zero-order chi connectivity index (χ0) is 13.5. The zero-order valence-corrected chi connectivity index (χ0v) is 11.4. The fraction of sp³-hybridized carbons (Fsp3) is 0.615. The number of esters is 1. The number of rotatable bonds is 7. The monoisotopic (exact) mass is 255 g/mol. The van der Waals surface area contributed by atoms with Crippen LogP contribution < -0.4 is 5.32 Å². The Morgan fingerprint density at radius 2 is 2.11 bits per heavy atom. The quantitative estimate of drug-likeness (QED) is 0.597. The van der Waals surface area contributed by atoms with Crippen molar-refractivity contribution in [1.29, 1.82) is 0 Å². The average Bonchev–Trinajstić information content (AvgIpc) is 2.82. The smallest absolute Gasteiger partial charge is 0.373 e. The Balaban J connectivity index is 2.39. The molecule has 1 aromatic heterocycles. The van der Waals surface area contributed by atoms with Gasteiger partial charge in [-0.25, -0.2) is 4.79 Å². The first-order valence-electron chi connectivity index (χ1n) is 6.07. The van der Waals surface area contributed by atoms with E-state index in [1.54, 1.807) is 12.1 Å². The van der Waals surface area contributed by atoms with Gasteiger partial charge in [0.15, 0.2) is 0 Å². The third-order valence-corrected chi connectivity index (χ3v) is 2.44. The molecule has 1 rings (SSSR count). The summed E-state index contributed by atoms with van der Waals surface area (Å²) in [5.41, 5.74) is 0. The minimum Gasteiger partial charge on any atom is -0.463 e. The van der Waals surface area contributed by atoms with E-state index in [2.05, 4.69) is 10.1 Å². The SMILES string of the molecule is COC(=O)c1ccc(C(C)NCCOC(C)C)o1. The topological polar surface area (TPSA) is 60.7 Å². The van der Waals surface area contributed by atoms with Crippen molar-refractivity contribution in [3.05, 3.63) is 23.7 Å². The molecule has 5 heteroatoms. The van der Waals surface area contributed by atoms with Crippen LogP contribution >= 0.6 is 0 Å². The summed E-state index contributed by atoms with van der Waals surface area (Å²) < 4.78 is 15.4. The highest BCUT2D eigenvalue weighted by Crippen LogP contribution is 2.16. The molecule has 0 fully saturated rings. The van der Waals surface area contributed by atoms with Crippen molar-refractivity contribution in [1.82, 2.24) is 5.32 Å². The number of carbonyl (C=O) groups is 1. The van der Waals surface area contributed by atoms with Crippen molar-refractivity contribution in [3.63, 3.8) is 0 Å². The molecule has 18 heavy (non-hydrogen) atoms. The molecule has 0 aliphatic rings. The summed E-state index contributed by atoms with van der Waals surface area (Å²) in [6.07, 6.45) is 0.233. The normalized spacial score (nSPS) is 12.7. The van der Waals surface area contributed by atoms with Crippen LogP contribution in [-0.4, -0.2) is 32.3 Å². The zero-order valence-electron chi connectivity index (χ0n) is 11.4. The van der Waals surface area contributed by atoms with Crippen molar-refractivity contribution >= 4 is 5.97 Å². The van der Waals surface area contributed by atoms with Crippen LogP contribution in [0.3, 0.4) is 0 Å². The summed E-state index contributed by atoms with van der Waals surface area (Å²) in [7, 11) is 1.33. The molecule has 0 amide bonds. The fourth-order valence-corrected chi connectivity index (χ4v) is 1.47. The van der Waals surface area contributed by atoms with Crippen LogP contribution in [0, 0.1) is 0 Å². The second-order valence-corrected chi connectivity index (χ2v) is 4.29. The summed E-state index contributed by atoms with van der Waals surface area (Å²) in [6, 6.07) is 3.41. The van der Waals surface area contributed by atoms with Crippen molar-refractivity contribution in [3.8, 4) is 0 Å². The van der Waals surface area contributed by atoms with Gasteiger partial charge >= 0.3 is 5.97 Å². The highest BCUT2D eigenvalue weighted by molar-refractivity contribution is 5.86. The minimum atomic E-state index is -0.461. The van der Waals surface area contributed by atoms with E-state index in [0.717, 1.165) is 6.54 Å². The first-order chi connectivity index (χ1) is 8.54. The fourth-order valence-electron chi connectivity index (χ4n) is 1.47. The molecule has 0 aromatic carbocycles. The van der Waals surface area contributed by atoms with Crippen LogP contribution in [0.25, 0.3) is 0 Å². The van der Waals surface area contributed by atoms with Gasteiger partial charge in [0.2, 0.25) is 5.76 Å². The molecule has 1 unspecified atom stereocenters. The number of hydrogen-bond donors (Lipinski definition) is 1. The van der Waals surface area contributed by atoms with Gasteiger partial charge < -0.3 is 19.2 Å². The standard InChI is InChI=1S/C13H21NO4/c1-9(2)17-8-7-14-10(3)11-5-6-12(18-11)13(15)16-4/h5-6,9-10,14H,7-8H2,1-4H3. The maximum Gasteiger partial charge on any atom is 0.373 e. The van der Waals surface area contributed by atoms with E-state index in [0.29, 0.717) is 12.4 Å². The lowest BCUT2D eigenvalue weighted by atomic mass is 10.2. The predicted molar refractivity (Wildman–Crippen MR) is 67.6 cm³/mol. The van der Waals surface area contributed by atoms with E-state index >= 15 is 0 Å². The lowest BCUT2D eigenvalue weighted by Crippen LogP contribution is -2.24. The minimum absolute atomic E-state index is 0.0270. The van der Waals surface area contributed by atoms with Crippen molar-refractivity contribution in [2.45, 2.75) is 32.9 Å². The number of methoxy groups -OCH3 is 1. The molecule has 0 spiro atoms. The Morgan fingerprint density at radius 1 is 1.39 bits per heavy atom.